The summed E-state index contributed by atoms with van der Waals surface area (Å²) in [4.78, 5) is 14.5. The van der Waals surface area contributed by atoms with Crippen LogP contribution in [0.5, 0.6) is 0 Å². The predicted molar refractivity (Wildman–Crippen MR) is 86.1 cm³/mol. The molecule has 2 aromatic carbocycles. The number of hydrogen-bond acceptors (Lipinski definition) is 1. The lowest BCUT2D eigenvalue weighted by Crippen LogP contribution is -2.30. The highest BCUT2D eigenvalue weighted by atomic mass is 35.5. The topological polar surface area (TPSA) is 20.3 Å². The van der Waals surface area contributed by atoms with Gasteiger partial charge in [0.2, 0.25) is 0 Å². The van der Waals surface area contributed by atoms with Crippen LogP contribution < -0.4 is 0 Å². The highest BCUT2D eigenvalue weighted by molar-refractivity contribution is 6.35. The number of fused-ring (bicyclic) bond motifs is 1. The van der Waals surface area contributed by atoms with Gasteiger partial charge < -0.3 is 4.90 Å². The van der Waals surface area contributed by atoms with Gasteiger partial charge in [0.25, 0.3) is 5.91 Å². The molecule has 0 radical (unpaired) electrons. The zero-order valence-corrected chi connectivity index (χ0v) is 13.2. The second kappa shape index (κ2) is 5.70. The highest BCUT2D eigenvalue weighted by Crippen LogP contribution is 2.36. The number of nitrogens with zero attached hydrogens (tertiary/aromatic N) is 1. The van der Waals surface area contributed by atoms with E-state index in [0.29, 0.717) is 15.6 Å². The summed E-state index contributed by atoms with van der Waals surface area (Å²) >= 11 is 12.1. The van der Waals surface area contributed by atoms with Crippen LogP contribution in [0.15, 0.2) is 42.5 Å². The predicted octanol–water partition coefficient (Wildman–Crippen LogP) is 4.75. The number of carbonyl (C=O) groups is 1. The van der Waals surface area contributed by atoms with Gasteiger partial charge in [-0.15, -0.1) is 0 Å². The molecular formula is C17H15Cl2NO. The molecule has 0 bridgehead atoms. The van der Waals surface area contributed by atoms with E-state index in [1.54, 1.807) is 23.1 Å². The molecule has 21 heavy (non-hydrogen) atoms. The number of carbonyl (C=O) groups excluding carboxylic acids is 1. The van der Waals surface area contributed by atoms with Gasteiger partial charge in [0.15, 0.2) is 0 Å². The van der Waals surface area contributed by atoms with Gasteiger partial charge in [0.1, 0.15) is 0 Å². The Labute approximate surface area is 134 Å². The molecule has 0 aliphatic heterocycles. The smallest absolute Gasteiger partial charge is 0.255 e. The number of amides is 1. The van der Waals surface area contributed by atoms with Crippen LogP contribution in [0.25, 0.3) is 0 Å². The molecule has 108 valence electrons. The van der Waals surface area contributed by atoms with Crippen molar-refractivity contribution in [2.24, 2.45) is 0 Å². The van der Waals surface area contributed by atoms with Crippen LogP contribution in [0, 0.1) is 0 Å². The van der Waals surface area contributed by atoms with E-state index >= 15 is 0 Å². The summed E-state index contributed by atoms with van der Waals surface area (Å²) in [6, 6.07) is 13.3. The van der Waals surface area contributed by atoms with Crippen molar-refractivity contribution in [3.8, 4) is 0 Å². The molecule has 3 rings (SSSR count). The molecular weight excluding hydrogens is 305 g/mol. The fourth-order valence-corrected chi connectivity index (χ4v) is 3.30. The van der Waals surface area contributed by atoms with Crippen LogP contribution >= 0.6 is 23.2 Å². The van der Waals surface area contributed by atoms with Crippen molar-refractivity contribution < 1.29 is 4.79 Å². The summed E-state index contributed by atoms with van der Waals surface area (Å²) in [5.41, 5.74) is 3.00. The van der Waals surface area contributed by atoms with Crippen molar-refractivity contribution in [2.45, 2.75) is 18.9 Å². The number of benzene rings is 2. The van der Waals surface area contributed by atoms with E-state index in [4.69, 9.17) is 23.2 Å². The third-order valence-electron chi connectivity index (χ3n) is 4.05. The largest absolute Gasteiger partial charge is 0.335 e. The standard InChI is InChI=1S/C17H15Cl2NO/c1-20(16-9-6-11-4-2-3-5-13(11)16)17(21)14-10-12(18)7-8-15(14)19/h2-5,7-8,10,16H,6,9H2,1H3/t16-/m1/s1. The minimum atomic E-state index is -0.0933. The average Bonchev–Trinajstić information content (AvgIpc) is 2.92. The van der Waals surface area contributed by atoms with Gasteiger partial charge in [-0.05, 0) is 42.2 Å². The minimum Gasteiger partial charge on any atom is -0.335 e. The summed E-state index contributed by atoms with van der Waals surface area (Å²) in [5, 5.41) is 0.950. The van der Waals surface area contributed by atoms with Gasteiger partial charge in [-0.1, -0.05) is 47.5 Å². The van der Waals surface area contributed by atoms with E-state index < -0.39 is 0 Å². The van der Waals surface area contributed by atoms with Crippen LogP contribution in [0.2, 0.25) is 10.0 Å². The summed E-state index contributed by atoms with van der Waals surface area (Å²) in [6.45, 7) is 0. The van der Waals surface area contributed by atoms with E-state index in [0.717, 1.165) is 12.8 Å². The second-order valence-corrected chi connectivity index (χ2v) is 6.14. The van der Waals surface area contributed by atoms with Crippen molar-refractivity contribution in [2.75, 3.05) is 7.05 Å². The van der Waals surface area contributed by atoms with Crippen molar-refractivity contribution >= 4 is 29.1 Å². The molecule has 1 aliphatic rings. The SMILES string of the molecule is CN(C(=O)c1cc(Cl)ccc1Cl)[C@@H]1CCc2ccccc21. The third kappa shape index (κ3) is 2.66. The van der Waals surface area contributed by atoms with E-state index in [2.05, 4.69) is 12.1 Å². The first-order chi connectivity index (χ1) is 10.1. The van der Waals surface area contributed by atoms with Crippen LogP contribution in [0.1, 0.15) is 33.9 Å². The maximum absolute atomic E-state index is 12.7. The van der Waals surface area contributed by atoms with E-state index in [1.807, 2.05) is 19.2 Å². The quantitative estimate of drug-likeness (QED) is 0.782. The molecule has 1 aliphatic carbocycles. The number of aryl methyl sites for hydroxylation is 1. The van der Waals surface area contributed by atoms with E-state index in [-0.39, 0.29) is 11.9 Å². The van der Waals surface area contributed by atoms with Crippen molar-refractivity contribution in [1.29, 1.82) is 0 Å². The van der Waals surface area contributed by atoms with E-state index in [9.17, 15) is 4.79 Å². The van der Waals surface area contributed by atoms with Gasteiger partial charge in [-0.3, -0.25) is 4.79 Å². The van der Waals surface area contributed by atoms with Crippen LogP contribution in [0.4, 0.5) is 0 Å². The van der Waals surface area contributed by atoms with Gasteiger partial charge >= 0.3 is 0 Å². The summed E-state index contributed by atoms with van der Waals surface area (Å²) in [6.07, 6.45) is 1.95. The average molecular weight is 320 g/mol. The normalized spacial score (nSPS) is 16.6. The molecule has 0 heterocycles. The molecule has 0 fully saturated rings. The first kappa shape index (κ1) is 14.4. The van der Waals surface area contributed by atoms with Gasteiger partial charge in [0.05, 0.1) is 16.6 Å². The molecule has 0 saturated carbocycles. The fraction of sp³-hybridized carbons (Fsp3) is 0.235. The Kier molecular flexibility index (Phi) is 3.92. The van der Waals surface area contributed by atoms with Crippen LogP contribution in [-0.4, -0.2) is 17.9 Å². The Hall–Kier alpha value is -1.51. The Morgan fingerprint density at radius 2 is 1.95 bits per heavy atom. The lowest BCUT2D eigenvalue weighted by Gasteiger charge is -2.26. The first-order valence-electron chi connectivity index (χ1n) is 6.88. The summed E-state index contributed by atoms with van der Waals surface area (Å²) < 4.78 is 0. The zero-order valence-electron chi connectivity index (χ0n) is 11.6. The number of rotatable bonds is 2. The maximum atomic E-state index is 12.7. The summed E-state index contributed by atoms with van der Waals surface area (Å²) in [5.74, 6) is -0.0933. The second-order valence-electron chi connectivity index (χ2n) is 5.29. The van der Waals surface area contributed by atoms with Crippen molar-refractivity contribution in [3.63, 3.8) is 0 Å². The van der Waals surface area contributed by atoms with Crippen LogP contribution in [0.3, 0.4) is 0 Å². The molecule has 2 aromatic rings. The van der Waals surface area contributed by atoms with Gasteiger partial charge in [-0.2, -0.15) is 0 Å². The molecule has 0 aromatic heterocycles. The molecule has 1 atom stereocenters. The first-order valence-corrected chi connectivity index (χ1v) is 7.63. The van der Waals surface area contributed by atoms with Gasteiger partial charge in [-0.25, -0.2) is 0 Å². The highest BCUT2D eigenvalue weighted by Gasteiger charge is 2.29. The lowest BCUT2D eigenvalue weighted by atomic mass is 10.1. The Bertz CT molecular complexity index is 699. The molecule has 0 saturated heterocycles. The van der Waals surface area contributed by atoms with Crippen LogP contribution in [-0.2, 0) is 6.42 Å². The van der Waals surface area contributed by atoms with Crippen molar-refractivity contribution in [3.05, 3.63) is 69.2 Å². The van der Waals surface area contributed by atoms with Crippen molar-refractivity contribution in [1.82, 2.24) is 4.90 Å². The third-order valence-corrected chi connectivity index (χ3v) is 4.61. The zero-order chi connectivity index (χ0) is 15.0. The lowest BCUT2D eigenvalue weighted by molar-refractivity contribution is 0.0731. The Morgan fingerprint density at radius 1 is 1.19 bits per heavy atom. The number of halogens is 2. The maximum Gasteiger partial charge on any atom is 0.255 e. The fourth-order valence-electron chi connectivity index (χ4n) is 2.93. The van der Waals surface area contributed by atoms with Gasteiger partial charge in [0, 0.05) is 12.1 Å². The molecule has 1 amide bonds. The number of hydrogen-bond donors (Lipinski definition) is 0. The monoisotopic (exact) mass is 319 g/mol. The summed E-state index contributed by atoms with van der Waals surface area (Å²) in [7, 11) is 1.83. The molecule has 0 unspecified atom stereocenters. The molecule has 4 heteroatoms. The molecule has 0 N–H and O–H groups in total. The minimum absolute atomic E-state index is 0.0933. The Morgan fingerprint density at radius 3 is 2.76 bits per heavy atom. The molecule has 2 nitrogen and oxygen atoms in total. The van der Waals surface area contributed by atoms with E-state index in [1.165, 1.54) is 11.1 Å². The molecule has 0 spiro atoms. The Balaban J connectivity index is 1.91.